The second-order valence-corrected chi connectivity index (χ2v) is 8.20. The molecule has 0 amide bonds. The Bertz CT molecular complexity index is 509. The van der Waals surface area contributed by atoms with Gasteiger partial charge in [-0.05, 0) is 58.5 Å². The fourth-order valence-corrected chi connectivity index (χ4v) is 3.60. The highest BCUT2D eigenvalue weighted by Gasteiger charge is 2.12. The standard InChI is InChI=1S/C18H25NS2/c1-18(2,3)16-4-6-17(7-5-16)21-13-11-19-10-8-15-9-12-20-14-15/h4-7,9,12,14,19H,8,10-11,13H2,1-3H3. The summed E-state index contributed by atoms with van der Waals surface area (Å²) in [5.41, 5.74) is 3.09. The highest BCUT2D eigenvalue weighted by Crippen LogP contribution is 2.25. The predicted molar refractivity (Wildman–Crippen MR) is 96.8 cm³/mol. The van der Waals surface area contributed by atoms with Crippen LogP contribution in [0.15, 0.2) is 46.0 Å². The van der Waals surface area contributed by atoms with Crippen LogP contribution in [0, 0.1) is 0 Å². The van der Waals surface area contributed by atoms with Crippen molar-refractivity contribution in [2.24, 2.45) is 0 Å². The van der Waals surface area contributed by atoms with Gasteiger partial charge in [-0.25, -0.2) is 0 Å². The first-order chi connectivity index (χ1) is 10.1. The number of hydrogen-bond donors (Lipinski definition) is 1. The summed E-state index contributed by atoms with van der Waals surface area (Å²) in [6, 6.07) is 11.2. The van der Waals surface area contributed by atoms with Crippen LogP contribution < -0.4 is 5.32 Å². The van der Waals surface area contributed by atoms with Gasteiger partial charge in [0, 0.05) is 17.2 Å². The highest BCUT2D eigenvalue weighted by atomic mass is 32.2. The molecule has 2 aromatic rings. The van der Waals surface area contributed by atoms with Crippen LogP contribution in [-0.2, 0) is 11.8 Å². The maximum Gasteiger partial charge on any atom is 0.0106 e. The molecule has 1 nitrogen and oxygen atoms in total. The quantitative estimate of drug-likeness (QED) is 0.571. The van der Waals surface area contributed by atoms with E-state index in [1.807, 2.05) is 11.8 Å². The number of benzene rings is 1. The minimum absolute atomic E-state index is 0.242. The minimum Gasteiger partial charge on any atom is -0.316 e. The van der Waals surface area contributed by atoms with E-state index in [0.29, 0.717) is 0 Å². The predicted octanol–water partition coefficient (Wildman–Crippen LogP) is 4.97. The molecule has 0 aliphatic carbocycles. The first kappa shape index (κ1) is 16.6. The Morgan fingerprint density at radius 3 is 2.43 bits per heavy atom. The maximum atomic E-state index is 3.51. The maximum absolute atomic E-state index is 3.51. The number of nitrogens with one attached hydrogen (secondary N) is 1. The van der Waals surface area contributed by atoms with E-state index in [0.717, 1.165) is 25.3 Å². The van der Waals surface area contributed by atoms with Crippen LogP contribution >= 0.6 is 23.1 Å². The van der Waals surface area contributed by atoms with E-state index in [4.69, 9.17) is 0 Å². The molecular formula is C18H25NS2. The molecule has 21 heavy (non-hydrogen) atoms. The van der Waals surface area contributed by atoms with Gasteiger partial charge in [-0.3, -0.25) is 0 Å². The van der Waals surface area contributed by atoms with Gasteiger partial charge < -0.3 is 5.32 Å². The lowest BCUT2D eigenvalue weighted by molar-refractivity contribution is 0.590. The summed E-state index contributed by atoms with van der Waals surface area (Å²) >= 11 is 3.70. The van der Waals surface area contributed by atoms with Crippen molar-refractivity contribution < 1.29 is 0 Å². The fourth-order valence-electron chi connectivity index (χ4n) is 2.08. The summed E-state index contributed by atoms with van der Waals surface area (Å²) in [6.45, 7) is 8.90. The second-order valence-electron chi connectivity index (χ2n) is 6.25. The Kier molecular flexibility index (Phi) is 6.34. The second kappa shape index (κ2) is 8.02. The van der Waals surface area contributed by atoms with Crippen LogP contribution in [0.4, 0.5) is 0 Å². The van der Waals surface area contributed by atoms with Gasteiger partial charge in [-0.15, -0.1) is 11.8 Å². The lowest BCUT2D eigenvalue weighted by atomic mass is 9.87. The van der Waals surface area contributed by atoms with Crippen LogP contribution in [0.1, 0.15) is 31.9 Å². The van der Waals surface area contributed by atoms with E-state index in [1.165, 1.54) is 16.0 Å². The van der Waals surface area contributed by atoms with Crippen LogP contribution in [0.5, 0.6) is 0 Å². The molecule has 0 unspecified atom stereocenters. The van der Waals surface area contributed by atoms with Gasteiger partial charge in [0.1, 0.15) is 0 Å². The van der Waals surface area contributed by atoms with Gasteiger partial charge in [-0.1, -0.05) is 32.9 Å². The Morgan fingerprint density at radius 2 is 1.81 bits per heavy atom. The molecule has 2 rings (SSSR count). The molecule has 3 heteroatoms. The normalized spacial score (nSPS) is 11.8. The monoisotopic (exact) mass is 319 g/mol. The van der Waals surface area contributed by atoms with Crippen LogP contribution in [0.3, 0.4) is 0 Å². The lowest BCUT2D eigenvalue weighted by Crippen LogP contribution is -2.19. The van der Waals surface area contributed by atoms with Gasteiger partial charge in [0.05, 0.1) is 0 Å². The molecule has 0 fully saturated rings. The van der Waals surface area contributed by atoms with Gasteiger partial charge in [0.2, 0.25) is 0 Å². The SMILES string of the molecule is CC(C)(C)c1ccc(SCCNCCc2ccsc2)cc1. The number of thioether (sulfide) groups is 1. The van der Waals surface area contributed by atoms with Crippen molar-refractivity contribution >= 4 is 23.1 Å². The Balaban J connectivity index is 1.62. The molecule has 0 radical (unpaired) electrons. The van der Waals surface area contributed by atoms with Crippen molar-refractivity contribution in [2.75, 3.05) is 18.8 Å². The molecule has 0 aliphatic rings. The van der Waals surface area contributed by atoms with Crippen molar-refractivity contribution in [3.63, 3.8) is 0 Å². The molecule has 0 saturated carbocycles. The van der Waals surface area contributed by atoms with Crippen molar-refractivity contribution in [3.05, 3.63) is 52.2 Å². The molecule has 0 bridgehead atoms. The van der Waals surface area contributed by atoms with E-state index >= 15 is 0 Å². The van der Waals surface area contributed by atoms with Gasteiger partial charge in [0.25, 0.3) is 0 Å². The Labute approximate surface area is 137 Å². The van der Waals surface area contributed by atoms with E-state index in [-0.39, 0.29) is 5.41 Å². The molecule has 0 atom stereocenters. The fraction of sp³-hybridized carbons (Fsp3) is 0.444. The van der Waals surface area contributed by atoms with E-state index < -0.39 is 0 Å². The number of thiophene rings is 1. The highest BCUT2D eigenvalue weighted by molar-refractivity contribution is 7.99. The molecule has 1 aromatic carbocycles. The van der Waals surface area contributed by atoms with E-state index in [2.05, 4.69) is 67.2 Å². The van der Waals surface area contributed by atoms with Crippen molar-refractivity contribution in [3.8, 4) is 0 Å². The van der Waals surface area contributed by atoms with Crippen molar-refractivity contribution in [2.45, 2.75) is 37.5 Å². The average Bonchev–Trinajstić information content (AvgIpc) is 2.95. The first-order valence-corrected chi connectivity index (χ1v) is 9.44. The Hall–Kier alpha value is -0.770. The van der Waals surface area contributed by atoms with Gasteiger partial charge in [-0.2, -0.15) is 11.3 Å². The molecule has 1 heterocycles. The first-order valence-electron chi connectivity index (χ1n) is 7.51. The van der Waals surface area contributed by atoms with Crippen molar-refractivity contribution in [1.82, 2.24) is 5.32 Å². The largest absolute Gasteiger partial charge is 0.316 e. The molecule has 0 saturated heterocycles. The third kappa shape index (κ3) is 5.85. The van der Waals surface area contributed by atoms with Crippen molar-refractivity contribution in [1.29, 1.82) is 0 Å². The summed E-state index contributed by atoms with van der Waals surface area (Å²) in [4.78, 5) is 1.36. The zero-order valence-corrected chi connectivity index (χ0v) is 14.8. The smallest absolute Gasteiger partial charge is 0.0106 e. The zero-order valence-electron chi connectivity index (χ0n) is 13.2. The van der Waals surface area contributed by atoms with Gasteiger partial charge in [0.15, 0.2) is 0 Å². The van der Waals surface area contributed by atoms with Crippen LogP contribution in [-0.4, -0.2) is 18.8 Å². The Morgan fingerprint density at radius 1 is 1.05 bits per heavy atom. The molecule has 114 valence electrons. The van der Waals surface area contributed by atoms with E-state index in [9.17, 15) is 0 Å². The molecule has 1 aromatic heterocycles. The summed E-state index contributed by atoms with van der Waals surface area (Å²) in [5.74, 6) is 1.12. The third-order valence-electron chi connectivity index (χ3n) is 3.44. The van der Waals surface area contributed by atoms with Gasteiger partial charge >= 0.3 is 0 Å². The molecule has 0 aliphatic heterocycles. The summed E-state index contributed by atoms with van der Waals surface area (Å²) in [5, 5.41) is 7.89. The van der Waals surface area contributed by atoms with Crippen LogP contribution in [0.2, 0.25) is 0 Å². The lowest BCUT2D eigenvalue weighted by Gasteiger charge is -2.19. The number of hydrogen-bond acceptors (Lipinski definition) is 3. The molecule has 0 spiro atoms. The zero-order chi connectivity index (χ0) is 15.1. The third-order valence-corrected chi connectivity index (χ3v) is 5.18. The topological polar surface area (TPSA) is 12.0 Å². The number of rotatable bonds is 7. The van der Waals surface area contributed by atoms with E-state index in [1.54, 1.807) is 11.3 Å². The minimum atomic E-state index is 0.242. The van der Waals surface area contributed by atoms with Crippen LogP contribution in [0.25, 0.3) is 0 Å². The average molecular weight is 320 g/mol. The summed E-state index contributed by atoms with van der Waals surface area (Å²) in [6.07, 6.45) is 1.13. The summed E-state index contributed by atoms with van der Waals surface area (Å²) < 4.78 is 0. The summed E-state index contributed by atoms with van der Waals surface area (Å²) in [7, 11) is 0. The molecule has 1 N–H and O–H groups in total. The molecular weight excluding hydrogens is 294 g/mol.